The van der Waals surface area contributed by atoms with Crippen molar-refractivity contribution in [3.8, 4) is 0 Å². The maximum Gasteiger partial charge on any atom is 0.350 e. The molecule has 0 N–H and O–H groups in total. The summed E-state index contributed by atoms with van der Waals surface area (Å²) in [6.45, 7) is 4.77. The summed E-state index contributed by atoms with van der Waals surface area (Å²) in [6.07, 6.45) is 3.47. The zero-order chi connectivity index (χ0) is 16.6. The fourth-order valence-corrected chi connectivity index (χ4v) is 2.49. The average Bonchev–Trinajstić information content (AvgIpc) is 2.48. The third-order valence-corrected chi connectivity index (χ3v) is 3.59. The van der Waals surface area contributed by atoms with E-state index in [-0.39, 0.29) is 13.2 Å². The fraction of sp³-hybridized carbons (Fsp3) is 0.857. The van der Waals surface area contributed by atoms with Gasteiger partial charge in [-0.2, -0.15) is 0 Å². The van der Waals surface area contributed by atoms with Crippen LogP contribution in [0.3, 0.4) is 0 Å². The molecule has 1 fully saturated rings. The van der Waals surface area contributed by atoms with Gasteiger partial charge in [-0.3, -0.25) is 0 Å². The first-order valence-corrected chi connectivity index (χ1v) is 7.55. The molecule has 1 aliphatic carbocycles. The van der Waals surface area contributed by atoms with Crippen LogP contribution in [0.5, 0.6) is 0 Å². The second kappa shape index (κ2) is 8.00. The Kier molecular flexibility index (Phi) is 6.64. The first-order valence-electron chi connectivity index (χ1n) is 7.55. The number of esters is 2. The van der Waals surface area contributed by atoms with Gasteiger partial charge in [0.15, 0.2) is 0 Å². The quantitative estimate of drug-likeness (QED) is 0.236. The summed E-state index contributed by atoms with van der Waals surface area (Å²) in [5.74, 6) is -1.68. The molecule has 0 aromatic rings. The summed E-state index contributed by atoms with van der Waals surface area (Å²) < 4.78 is 15.6. The molecule has 0 aromatic heterocycles. The third kappa shape index (κ3) is 4.11. The van der Waals surface area contributed by atoms with Crippen LogP contribution in [0.15, 0.2) is 5.11 Å². The van der Waals surface area contributed by atoms with E-state index >= 15 is 0 Å². The molecule has 0 saturated heterocycles. The van der Waals surface area contributed by atoms with E-state index in [1.54, 1.807) is 13.8 Å². The van der Waals surface area contributed by atoms with Crippen molar-refractivity contribution >= 4 is 11.9 Å². The molecule has 1 aliphatic rings. The van der Waals surface area contributed by atoms with Crippen molar-refractivity contribution in [1.82, 2.24) is 0 Å². The summed E-state index contributed by atoms with van der Waals surface area (Å²) >= 11 is 0. The number of nitrogens with zero attached hydrogens (tertiary/aromatic N) is 3. The van der Waals surface area contributed by atoms with Crippen LogP contribution < -0.4 is 0 Å². The van der Waals surface area contributed by atoms with E-state index in [0.29, 0.717) is 12.8 Å². The number of rotatable bonds is 7. The Hall–Kier alpha value is -1.79. The summed E-state index contributed by atoms with van der Waals surface area (Å²) in [7, 11) is 0. The second-order valence-electron chi connectivity index (χ2n) is 5.27. The minimum atomic E-state index is -1.95. The number of hydrogen-bond donors (Lipinski definition) is 0. The van der Waals surface area contributed by atoms with Crippen molar-refractivity contribution in [2.24, 2.45) is 5.11 Å². The summed E-state index contributed by atoms with van der Waals surface area (Å²) in [5, 5.41) is 3.73. The molecule has 8 nitrogen and oxygen atoms in total. The van der Waals surface area contributed by atoms with Gasteiger partial charge in [0.1, 0.15) is 5.72 Å². The highest BCUT2D eigenvalue weighted by Crippen LogP contribution is 2.37. The van der Waals surface area contributed by atoms with Crippen LogP contribution in [-0.4, -0.2) is 36.5 Å². The van der Waals surface area contributed by atoms with Crippen LogP contribution in [-0.2, 0) is 23.8 Å². The monoisotopic (exact) mass is 313 g/mol. The van der Waals surface area contributed by atoms with E-state index in [0.717, 1.165) is 19.3 Å². The highest BCUT2D eigenvalue weighted by Gasteiger charge is 2.51. The van der Waals surface area contributed by atoms with Gasteiger partial charge in [-0.05, 0) is 39.1 Å². The second-order valence-corrected chi connectivity index (χ2v) is 5.27. The number of carbonyl (C=O) groups is 2. The molecular formula is C14H23N3O5. The normalized spacial score (nSPS) is 17.2. The highest BCUT2D eigenvalue weighted by molar-refractivity contribution is 6.03. The first kappa shape index (κ1) is 18.3. The molecular weight excluding hydrogens is 290 g/mol. The molecule has 0 amide bonds. The predicted molar refractivity (Wildman–Crippen MR) is 77.7 cm³/mol. The van der Waals surface area contributed by atoms with E-state index in [2.05, 4.69) is 10.0 Å². The Bertz CT molecular complexity index is 435. The van der Waals surface area contributed by atoms with Gasteiger partial charge in [0, 0.05) is 4.91 Å². The lowest BCUT2D eigenvalue weighted by molar-refractivity contribution is -0.212. The van der Waals surface area contributed by atoms with Crippen LogP contribution in [0, 0.1) is 0 Å². The van der Waals surface area contributed by atoms with Crippen LogP contribution >= 0.6 is 0 Å². The molecule has 1 saturated carbocycles. The molecule has 0 unspecified atom stereocenters. The average molecular weight is 313 g/mol. The number of carbonyl (C=O) groups excluding carboxylic acids is 2. The van der Waals surface area contributed by atoms with Gasteiger partial charge in [0.05, 0.1) is 13.2 Å². The molecule has 0 bridgehead atoms. The molecule has 1 rings (SSSR count). The molecule has 124 valence electrons. The summed E-state index contributed by atoms with van der Waals surface area (Å²) in [4.78, 5) is 27.3. The standard InChI is InChI=1S/C14H23N3O5/c1-4-20-11(18)13(3,12(19)21-5-2)22-14(16-17-15)9-7-6-8-10-14/h4-10H2,1-3H3. The number of ether oxygens (including phenoxy) is 3. The van der Waals surface area contributed by atoms with Crippen LogP contribution in [0.4, 0.5) is 0 Å². The third-order valence-electron chi connectivity index (χ3n) is 3.59. The SMILES string of the molecule is CCOC(=O)C(C)(OC1(N=[N+]=[N-])CCCCC1)C(=O)OCC. The smallest absolute Gasteiger partial charge is 0.350 e. The van der Waals surface area contributed by atoms with E-state index in [4.69, 9.17) is 19.7 Å². The Morgan fingerprint density at radius 3 is 2.05 bits per heavy atom. The van der Waals surface area contributed by atoms with E-state index in [9.17, 15) is 9.59 Å². The lowest BCUT2D eigenvalue weighted by Gasteiger charge is -2.38. The Morgan fingerprint density at radius 1 is 1.14 bits per heavy atom. The molecule has 8 heteroatoms. The van der Waals surface area contributed by atoms with Gasteiger partial charge >= 0.3 is 11.9 Å². The number of azide groups is 1. The van der Waals surface area contributed by atoms with Crippen LogP contribution in [0.2, 0.25) is 0 Å². The van der Waals surface area contributed by atoms with Gasteiger partial charge in [-0.25, -0.2) is 9.59 Å². The van der Waals surface area contributed by atoms with Gasteiger partial charge in [0.25, 0.3) is 5.60 Å². The Morgan fingerprint density at radius 2 is 1.64 bits per heavy atom. The zero-order valence-corrected chi connectivity index (χ0v) is 13.3. The zero-order valence-electron chi connectivity index (χ0n) is 13.3. The Labute approximate surface area is 129 Å². The van der Waals surface area contributed by atoms with Crippen LogP contribution in [0.1, 0.15) is 52.9 Å². The molecule has 0 spiro atoms. The number of hydrogen-bond acceptors (Lipinski definition) is 6. The minimum absolute atomic E-state index is 0.103. The maximum atomic E-state index is 12.2. The van der Waals surface area contributed by atoms with Gasteiger partial charge in [-0.1, -0.05) is 24.4 Å². The summed E-state index contributed by atoms with van der Waals surface area (Å²) in [5.41, 5.74) is 5.64. The summed E-state index contributed by atoms with van der Waals surface area (Å²) in [6, 6.07) is 0. The predicted octanol–water partition coefficient (Wildman–Crippen LogP) is 2.86. The lowest BCUT2D eigenvalue weighted by Crippen LogP contribution is -2.54. The van der Waals surface area contributed by atoms with E-state index < -0.39 is 23.3 Å². The minimum Gasteiger partial charge on any atom is -0.463 e. The molecule has 0 radical (unpaired) electrons. The molecule has 0 heterocycles. The molecule has 0 aromatic carbocycles. The largest absolute Gasteiger partial charge is 0.463 e. The van der Waals surface area contributed by atoms with E-state index in [1.165, 1.54) is 6.92 Å². The van der Waals surface area contributed by atoms with Crippen molar-refractivity contribution in [2.75, 3.05) is 13.2 Å². The Balaban J connectivity index is 3.11. The van der Waals surface area contributed by atoms with Gasteiger partial charge in [0.2, 0.25) is 0 Å². The maximum absolute atomic E-state index is 12.2. The fourth-order valence-electron chi connectivity index (χ4n) is 2.49. The van der Waals surface area contributed by atoms with Crippen LogP contribution in [0.25, 0.3) is 10.4 Å². The van der Waals surface area contributed by atoms with Crippen molar-refractivity contribution in [3.05, 3.63) is 10.4 Å². The topological polar surface area (TPSA) is 111 Å². The van der Waals surface area contributed by atoms with Crippen molar-refractivity contribution < 1.29 is 23.8 Å². The van der Waals surface area contributed by atoms with Crippen molar-refractivity contribution in [3.63, 3.8) is 0 Å². The molecule has 0 atom stereocenters. The molecule has 0 aliphatic heterocycles. The highest BCUT2D eigenvalue weighted by atomic mass is 16.6. The molecule has 22 heavy (non-hydrogen) atoms. The van der Waals surface area contributed by atoms with Crippen molar-refractivity contribution in [1.29, 1.82) is 0 Å². The van der Waals surface area contributed by atoms with E-state index in [1.807, 2.05) is 0 Å². The lowest BCUT2D eigenvalue weighted by atomic mass is 9.91. The van der Waals surface area contributed by atoms with Gasteiger partial charge < -0.3 is 14.2 Å². The first-order chi connectivity index (χ1) is 10.4. The van der Waals surface area contributed by atoms with Gasteiger partial charge in [-0.15, -0.1) is 0 Å². The van der Waals surface area contributed by atoms with Crippen molar-refractivity contribution in [2.45, 2.75) is 64.2 Å².